The molecule has 1 atom stereocenters. The summed E-state index contributed by atoms with van der Waals surface area (Å²) in [6, 6.07) is 14.4. The number of carbonyl (C=O) groups is 2. The molecule has 1 unspecified atom stereocenters. The third kappa shape index (κ3) is 5.51. The summed E-state index contributed by atoms with van der Waals surface area (Å²) in [7, 11) is 3.03. The highest BCUT2D eigenvalue weighted by atomic mass is 16.5. The van der Waals surface area contributed by atoms with Gasteiger partial charge in [-0.15, -0.1) is 0 Å². The van der Waals surface area contributed by atoms with E-state index in [1.807, 2.05) is 49.4 Å². The van der Waals surface area contributed by atoms with E-state index in [-0.39, 0.29) is 6.03 Å². The summed E-state index contributed by atoms with van der Waals surface area (Å²) < 4.78 is 16.1. The van der Waals surface area contributed by atoms with Crippen molar-refractivity contribution in [2.75, 3.05) is 58.5 Å². The molecule has 186 valence electrons. The summed E-state index contributed by atoms with van der Waals surface area (Å²) in [6.45, 7) is 6.06. The second-order valence-electron chi connectivity index (χ2n) is 8.35. The van der Waals surface area contributed by atoms with Gasteiger partial charge in [-0.2, -0.15) is 0 Å². The normalized spacial score (nSPS) is 18.5. The number of benzene rings is 2. The Morgan fingerprint density at radius 2 is 1.74 bits per heavy atom. The number of para-hydroxylation sites is 2. The third-order valence-electron chi connectivity index (χ3n) is 6.26. The maximum absolute atomic E-state index is 12.8. The zero-order chi connectivity index (χ0) is 24.8. The van der Waals surface area contributed by atoms with Crippen molar-refractivity contribution in [2.24, 2.45) is 0 Å². The quantitative estimate of drug-likeness (QED) is 0.562. The first-order chi connectivity index (χ1) is 17.0. The third-order valence-corrected chi connectivity index (χ3v) is 6.26. The second-order valence-corrected chi connectivity index (χ2v) is 8.35. The highest BCUT2D eigenvalue weighted by Gasteiger charge is 2.34. The first kappa shape index (κ1) is 24.4. The Hall–Kier alpha value is -3.72. The molecule has 9 heteroatoms. The average Bonchev–Trinajstić information content (AvgIpc) is 2.89. The van der Waals surface area contributed by atoms with Gasteiger partial charge in [0.05, 0.1) is 38.1 Å². The van der Waals surface area contributed by atoms with Crippen LogP contribution in [0.4, 0.5) is 10.5 Å². The van der Waals surface area contributed by atoms with Gasteiger partial charge in [0.25, 0.3) is 0 Å². The molecule has 1 saturated heterocycles. The van der Waals surface area contributed by atoms with Crippen molar-refractivity contribution in [1.82, 2.24) is 15.5 Å². The number of hydrogen-bond acceptors (Lipinski definition) is 7. The molecule has 2 aromatic carbocycles. The van der Waals surface area contributed by atoms with Crippen molar-refractivity contribution in [3.8, 4) is 11.5 Å². The largest absolute Gasteiger partial charge is 0.495 e. The minimum absolute atomic E-state index is 0.348. The van der Waals surface area contributed by atoms with E-state index < -0.39 is 12.0 Å². The lowest BCUT2D eigenvalue weighted by Crippen LogP contribution is -2.51. The van der Waals surface area contributed by atoms with Crippen LogP contribution in [0.25, 0.3) is 0 Å². The average molecular weight is 481 g/mol. The van der Waals surface area contributed by atoms with Crippen LogP contribution in [0.2, 0.25) is 0 Å². The number of anilines is 1. The first-order valence-electron chi connectivity index (χ1n) is 11.8. The topological polar surface area (TPSA) is 92.4 Å². The van der Waals surface area contributed by atoms with E-state index in [9.17, 15) is 9.59 Å². The van der Waals surface area contributed by atoms with Crippen LogP contribution in [0.15, 0.2) is 59.8 Å². The molecule has 2 heterocycles. The first-order valence-corrected chi connectivity index (χ1v) is 11.8. The van der Waals surface area contributed by atoms with Crippen LogP contribution >= 0.6 is 0 Å². The number of ether oxygens (including phenoxy) is 3. The summed E-state index contributed by atoms with van der Waals surface area (Å²) in [6.07, 6.45) is 0. The smallest absolute Gasteiger partial charge is 0.338 e. The maximum Gasteiger partial charge on any atom is 0.338 e. The zero-order valence-corrected chi connectivity index (χ0v) is 20.4. The Morgan fingerprint density at radius 1 is 1.03 bits per heavy atom. The summed E-state index contributed by atoms with van der Waals surface area (Å²) in [5.74, 6) is 1.10. The number of nitrogens with zero attached hydrogens (tertiary/aromatic N) is 2. The number of nitrogens with one attached hydrogen (secondary N) is 2. The molecule has 35 heavy (non-hydrogen) atoms. The number of hydrogen-bond donors (Lipinski definition) is 2. The number of methoxy groups -OCH3 is 2. The maximum atomic E-state index is 12.8. The Bertz CT molecular complexity index is 1080. The Kier molecular flexibility index (Phi) is 7.77. The van der Waals surface area contributed by atoms with E-state index in [1.165, 1.54) is 7.11 Å². The molecule has 0 aliphatic carbocycles. The number of rotatable bonds is 8. The standard InChI is InChI=1S/C26H32N4O5/c1-4-35-19-11-9-18(10-12-19)24-23(25(31)34-3)20(27-26(32)28-24)17-29-13-15-30(16-14-29)21-7-5-6-8-22(21)33-2/h5-12,24H,4,13-17H2,1-3H3,(H2,27,28,32). The van der Waals surface area contributed by atoms with Crippen LogP contribution in [0, 0.1) is 0 Å². The van der Waals surface area contributed by atoms with Gasteiger partial charge in [-0.25, -0.2) is 9.59 Å². The van der Waals surface area contributed by atoms with Crippen LogP contribution in [-0.4, -0.2) is 70.5 Å². The highest BCUT2D eigenvalue weighted by Crippen LogP contribution is 2.31. The fraction of sp³-hybridized carbons (Fsp3) is 0.385. The number of piperazine rings is 1. The van der Waals surface area contributed by atoms with Crippen LogP contribution in [0.3, 0.4) is 0 Å². The summed E-state index contributed by atoms with van der Waals surface area (Å²) >= 11 is 0. The van der Waals surface area contributed by atoms with Crippen molar-refractivity contribution in [3.63, 3.8) is 0 Å². The van der Waals surface area contributed by atoms with E-state index in [0.29, 0.717) is 24.4 Å². The molecule has 2 aliphatic rings. The predicted octanol–water partition coefficient (Wildman–Crippen LogP) is 2.70. The minimum atomic E-state index is -0.614. The Labute approximate surface area is 205 Å². The molecule has 4 rings (SSSR count). The fourth-order valence-corrected chi connectivity index (χ4v) is 4.53. The van der Waals surface area contributed by atoms with Crippen molar-refractivity contribution in [2.45, 2.75) is 13.0 Å². The van der Waals surface area contributed by atoms with Gasteiger partial charge in [0.2, 0.25) is 0 Å². The lowest BCUT2D eigenvalue weighted by molar-refractivity contribution is -0.136. The summed E-state index contributed by atoms with van der Waals surface area (Å²) in [5, 5.41) is 5.72. The van der Waals surface area contributed by atoms with Crippen LogP contribution < -0.4 is 25.0 Å². The van der Waals surface area contributed by atoms with Gasteiger partial charge in [0.15, 0.2) is 0 Å². The molecule has 2 N–H and O–H groups in total. The minimum Gasteiger partial charge on any atom is -0.495 e. The molecular formula is C26H32N4O5. The lowest BCUT2D eigenvalue weighted by Gasteiger charge is -2.38. The molecule has 2 aliphatic heterocycles. The van der Waals surface area contributed by atoms with Gasteiger partial charge < -0.3 is 29.7 Å². The van der Waals surface area contributed by atoms with Gasteiger partial charge in [0.1, 0.15) is 11.5 Å². The SMILES string of the molecule is CCOc1ccc(C2NC(=O)NC(CN3CCN(c4ccccc4OC)CC3)=C2C(=O)OC)cc1. The summed E-state index contributed by atoms with van der Waals surface area (Å²) in [5.41, 5.74) is 2.81. The van der Waals surface area contributed by atoms with Crippen molar-refractivity contribution >= 4 is 17.7 Å². The molecule has 0 saturated carbocycles. The number of carbonyl (C=O) groups excluding carboxylic acids is 2. The van der Waals surface area contributed by atoms with E-state index in [2.05, 4.69) is 26.5 Å². The molecule has 2 amide bonds. The van der Waals surface area contributed by atoms with E-state index in [1.54, 1.807) is 7.11 Å². The van der Waals surface area contributed by atoms with Crippen LogP contribution in [0.5, 0.6) is 11.5 Å². The van der Waals surface area contributed by atoms with Crippen LogP contribution in [-0.2, 0) is 9.53 Å². The van der Waals surface area contributed by atoms with E-state index >= 15 is 0 Å². The molecule has 0 aromatic heterocycles. The lowest BCUT2D eigenvalue weighted by atomic mass is 9.95. The summed E-state index contributed by atoms with van der Waals surface area (Å²) in [4.78, 5) is 29.9. The van der Waals surface area contributed by atoms with Crippen molar-refractivity contribution in [3.05, 3.63) is 65.4 Å². The van der Waals surface area contributed by atoms with Gasteiger partial charge in [-0.3, -0.25) is 4.90 Å². The monoisotopic (exact) mass is 480 g/mol. The van der Waals surface area contributed by atoms with Gasteiger partial charge in [-0.1, -0.05) is 24.3 Å². The molecule has 9 nitrogen and oxygen atoms in total. The highest BCUT2D eigenvalue weighted by molar-refractivity contribution is 5.95. The fourth-order valence-electron chi connectivity index (χ4n) is 4.53. The van der Waals surface area contributed by atoms with Crippen LogP contribution in [0.1, 0.15) is 18.5 Å². The predicted molar refractivity (Wildman–Crippen MR) is 133 cm³/mol. The van der Waals surface area contributed by atoms with Crippen molar-refractivity contribution in [1.29, 1.82) is 0 Å². The van der Waals surface area contributed by atoms with E-state index in [0.717, 1.165) is 48.9 Å². The zero-order valence-electron chi connectivity index (χ0n) is 20.4. The van der Waals surface area contributed by atoms with Crippen molar-refractivity contribution < 1.29 is 23.8 Å². The molecular weight excluding hydrogens is 448 g/mol. The van der Waals surface area contributed by atoms with Gasteiger partial charge in [-0.05, 0) is 36.8 Å². The number of amides is 2. The molecule has 0 spiro atoms. The Balaban J connectivity index is 1.53. The molecule has 0 radical (unpaired) electrons. The number of urea groups is 1. The molecule has 2 aromatic rings. The Morgan fingerprint density at radius 3 is 2.40 bits per heavy atom. The van der Waals surface area contributed by atoms with E-state index in [4.69, 9.17) is 14.2 Å². The molecule has 1 fully saturated rings. The van der Waals surface area contributed by atoms with Gasteiger partial charge >= 0.3 is 12.0 Å². The van der Waals surface area contributed by atoms with Gasteiger partial charge in [0, 0.05) is 38.4 Å². The second kappa shape index (κ2) is 11.1. The molecule has 0 bridgehead atoms. The number of esters is 1.